The molecule has 30 heavy (non-hydrogen) atoms. The topological polar surface area (TPSA) is 75.7 Å². The van der Waals surface area contributed by atoms with Crippen LogP contribution in [-0.2, 0) is 25.5 Å². The van der Waals surface area contributed by atoms with Gasteiger partial charge in [-0.1, -0.05) is 42.5 Å². The highest BCUT2D eigenvalue weighted by Gasteiger charge is 2.68. The van der Waals surface area contributed by atoms with Crippen LogP contribution in [0.3, 0.4) is 0 Å². The van der Waals surface area contributed by atoms with Gasteiger partial charge in [0.2, 0.25) is 11.8 Å². The minimum absolute atomic E-state index is 0.146. The zero-order valence-corrected chi connectivity index (χ0v) is 16.8. The van der Waals surface area contributed by atoms with Crippen molar-refractivity contribution in [1.82, 2.24) is 10.2 Å². The Morgan fingerprint density at radius 3 is 2.40 bits per heavy atom. The monoisotopic (exact) mass is 410 g/mol. The summed E-state index contributed by atoms with van der Waals surface area (Å²) < 4.78 is 18.9. The first-order valence-electron chi connectivity index (χ1n) is 9.94. The van der Waals surface area contributed by atoms with Gasteiger partial charge in [-0.3, -0.25) is 24.6 Å². The summed E-state index contributed by atoms with van der Waals surface area (Å²) >= 11 is 0. The normalized spacial score (nSPS) is 28.0. The Balaban J connectivity index is 1.85. The van der Waals surface area contributed by atoms with E-state index in [1.54, 1.807) is 19.1 Å². The molecule has 2 saturated heterocycles. The molecule has 6 nitrogen and oxygen atoms in total. The van der Waals surface area contributed by atoms with Crippen LogP contribution >= 0.6 is 0 Å². The van der Waals surface area contributed by atoms with Gasteiger partial charge in [-0.05, 0) is 30.2 Å². The van der Waals surface area contributed by atoms with Gasteiger partial charge < -0.3 is 4.74 Å². The number of carbonyl (C=O) groups excluding carboxylic acids is 3. The van der Waals surface area contributed by atoms with Crippen molar-refractivity contribution in [2.75, 3.05) is 13.7 Å². The third-order valence-corrected chi connectivity index (χ3v) is 6.07. The van der Waals surface area contributed by atoms with Crippen LogP contribution in [0.2, 0.25) is 0 Å². The van der Waals surface area contributed by atoms with Gasteiger partial charge in [-0.2, -0.15) is 0 Å². The molecule has 2 aromatic rings. The molecule has 156 valence electrons. The Kier molecular flexibility index (Phi) is 5.15. The highest BCUT2D eigenvalue weighted by atomic mass is 19.1. The summed E-state index contributed by atoms with van der Waals surface area (Å²) in [5, 5.41) is 3.29. The van der Waals surface area contributed by atoms with Crippen molar-refractivity contribution in [2.45, 2.75) is 24.9 Å². The first-order valence-corrected chi connectivity index (χ1v) is 9.94. The molecule has 0 aromatic heterocycles. The molecule has 2 heterocycles. The van der Waals surface area contributed by atoms with Crippen LogP contribution in [0.4, 0.5) is 4.39 Å². The fraction of sp³-hybridized carbons (Fsp3) is 0.348. The quantitative estimate of drug-likeness (QED) is 0.605. The molecular formula is C23H23FN2O4. The van der Waals surface area contributed by atoms with Crippen LogP contribution in [0.1, 0.15) is 24.1 Å². The van der Waals surface area contributed by atoms with Gasteiger partial charge in [0.25, 0.3) is 0 Å². The van der Waals surface area contributed by atoms with Crippen molar-refractivity contribution >= 4 is 17.8 Å². The second kappa shape index (κ2) is 7.65. The van der Waals surface area contributed by atoms with Gasteiger partial charge in [0.1, 0.15) is 11.4 Å². The Bertz CT molecular complexity index is 978. The van der Waals surface area contributed by atoms with Gasteiger partial charge in [-0.25, -0.2) is 4.39 Å². The Hall–Kier alpha value is -3.06. The first-order chi connectivity index (χ1) is 14.4. The third-order valence-electron chi connectivity index (χ3n) is 6.07. The molecule has 0 aliphatic carbocycles. The van der Waals surface area contributed by atoms with E-state index in [0.717, 1.165) is 10.5 Å². The molecule has 4 rings (SSSR count). The summed E-state index contributed by atoms with van der Waals surface area (Å²) in [5.74, 6) is -3.42. The zero-order chi connectivity index (χ0) is 21.5. The molecule has 2 aliphatic rings. The molecule has 0 unspecified atom stereocenters. The summed E-state index contributed by atoms with van der Waals surface area (Å²) in [7, 11) is 1.43. The number of imide groups is 1. The lowest BCUT2D eigenvalue weighted by Crippen LogP contribution is -2.57. The largest absolute Gasteiger partial charge is 0.465 e. The zero-order valence-electron chi connectivity index (χ0n) is 16.8. The number of nitrogens with one attached hydrogen (secondary N) is 1. The SMILES string of the molecule is CCOC(=O)[C@]1(Cc2ccccc2)N[C@@H](c2ccc(F)cc2)[C@H]2C(=O)N(C)C(=O)[C@@H]21. The molecule has 0 radical (unpaired) electrons. The number of halogens is 1. The molecular weight excluding hydrogens is 387 g/mol. The predicted octanol–water partition coefficient (Wildman–Crippen LogP) is 2.25. The van der Waals surface area contributed by atoms with Crippen molar-refractivity contribution in [3.8, 4) is 0 Å². The second-order valence-corrected chi connectivity index (χ2v) is 7.77. The maximum Gasteiger partial charge on any atom is 0.327 e. The van der Waals surface area contributed by atoms with Crippen molar-refractivity contribution < 1.29 is 23.5 Å². The molecule has 1 N–H and O–H groups in total. The number of benzene rings is 2. The summed E-state index contributed by atoms with van der Waals surface area (Å²) in [5.41, 5.74) is 0.0759. The Morgan fingerprint density at radius 2 is 1.77 bits per heavy atom. The molecule has 4 atom stereocenters. The fourth-order valence-electron chi connectivity index (χ4n) is 4.70. The summed E-state index contributed by atoms with van der Waals surface area (Å²) in [6.07, 6.45) is 0.193. The molecule has 0 saturated carbocycles. The van der Waals surface area contributed by atoms with Crippen LogP contribution in [-0.4, -0.2) is 41.9 Å². The molecule has 0 bridgehead atoms. The minimum atomic E-state index is -1.40. The van der Waals surface area contributed by atoms with E-state index in [1.165, 1.54) is 19.2 Å². The maximum absolute atomic E-state index is 13.5. The summed E-state index contributed by atoms with van der Waals surface area (Å²) in [6.45, 7) is 1.85. The number of nitrogens with zero attached hydrogens (tertiary/aromatic N) is 1. The fourth-order valence-corrected chi connectivity index (χ4v) is 4.70. The van der Waals surface area contributed by atoms with Gasteiger partial charge in [0.05, 0.1) is 18.4 Å². The molecule has 7 heteroatoms. The van der Waals surface area contributed by atoms with Crippen LogP contribution in [0, 0.1) is 17.7 Å². The van der Waals surface area contributed by atoms with Crippen LogP contribution in [0.25, 0.3) is 0 Å². The molecule has 2 aromatic carbocycles. The average Bonchev–Trinajstić information content (AvgIpc) is 3.20. The number of fused-ring (bicyclic) bond motifs is 1. The molecule has 2 amide bonds. The smallest absolute Gasteiger partial charge is 0.327 e. The van der Waals surface area contributed by atoms with Gasteiger partial charge >= 0.3 is 5.97 Å². The average molecular weight is 410 g/mol. The number of esters is 1. The number of rotatable bonds is 5. The standard InChI is InChI=1S/C23H23FN2O4/c1-3-30-22(29)23(13-14-7-5-4-6-8-14)18-17(20(27)26(2)21(18)28)19(25-23)15-9-11-16(24)12-10-15/h4-12,17-19,25H,3,13H2,1-2H3/t17-,18+,19-,23+/m0/s1. The second-order valence-electron chi connectivity index (χ2n) is 7.77. The summed E-state index contributed by atoms with van der Waals surface area (Å²) in [6, 6.07) is 14.4. The molecule has 2 aliphatic heterocycles. The van der Waals surface area contributed by atoms with Crippen LogP contribution in [0.5, 0.6) is 0 Å². The lowest BCUT2D eigenvalue weighted by Gasteiger charge is -2.32. The first kappa shape index (κ1) is 20.2. The maximum atomic E-state index is 13.5. The van der Waals surface area contributed by atoms with Crippen molar-refractivity contribution in [2.24, 2.45) is 11.8 Å². The number of ether oxygens (including phenoxy) is 1. The van der Waals surface area contributed by atoms with E-state index in [4.69, 9.17) is 4.74 Å². The van der Waals surface area contributed by atoms with Crippen LogP contribution in [0.15, 0.2) is 54.6 Å². The van der Waals surface area contributed by atoms with E-state index >= 15 is 0 Å². The van der Waals surface area contributed by atoms with E-state index in [1.807, 2.05) is 30.3 Å². The van der Waals surface area contributed by atoms with E-state index in [0.29, 0.717) is 5.56 Å². The third kappa shape index (κ3) is 3.10. The van der Waals surface area contributed by atoms with Crippen LogP contribution < -0.4 is 5.32 Å². The molecule has 0 spiro atoms. The highest BCUT2D eigenvalue weighted by Crippen LogP contribution is 2.50. The van der Waals surface area contributed by atoms with Crippen molar-refractivity contribution in [3.05, 3.63) is 71.5 Å². The van der Waals surface area contributed by atoms with Gasteiger partial charge in [0.15, 0.2) is 0 Å². The van der Waals surface area contributed by atoms with Gasteiger partial charge in [0, 0.05) is 19.5 Å². The van der Waals surface area contributed by atoms with E-state index < -0.39 is 41.1 Å². The number of amides is 2. The minimum Gasteiger partial charge on any atom is -0.465 e. The van der Waals surface area contributed by atoms with Crippen molar-refractivity contribution in [1.29, 1.82) is 0 Å². The van der Waals surface area contributed by atoms with E-state index in [-0.39, 0.29) is 18.9 Å². The van der Waals surface area contributed by atoms with Gasteiger partial charge in [-0.15, -0.1) is 0 Å². The number of likely N-dealkylation sites (tertiary alicyclic amines) is 1. The molecule has 2 fully saturated rings. The summed E-state index contributed by atoms with van der Waals surface area (Å²) in [4.78, 5) is 40.5. The number of carbonyl (C=O) groups is 3. The lowest BCUT2D eigenvalue weighted by atomic mass is 9.76. The highest BCUT2D eigenvalue weighted by molar-refractivity contribution is 6.09. The predicted molar refractivity (Wildman–Crippen MR) is 107 cm³/mol. The Morgan fingerprint density at radius 1 is 1.10 bits per heavy atom. The Labute approximate surface area is 174 Å². The van der Waals surface area contributed by atoms with Crippen molar-refractivity contribution in [3.63, 3.8) is 0 Å². The number of hydrogen-bond acceptors (Lipinski definition) is 5. The lowest BCUT2D eigenvalue weighted by molar-refractivity contribution is -0.156. The number of hydrogen-bond donors (Lipinski definition) is 1. The van der Waals surface area contributed by atoms with E-state index in [2.05, 4.69) is 5.32 Å². The van der Waals surface area contributed by atoms with E-state index in [9.17, 15) is 18.8 Å².